The minimum atomic E-state index is -0.897. The largest absolute Gasteiger partial charge is 0.394 e. The van der Waals surface area contributed by atoms with E-state index in [9.17, 15) is 13.6 Å². The molecule has 1 aliphatic rings. The Kier molecular flexibility index (Phi) is 2.63. The molecule has 0 atom stereocenters. The van der Waals surface area contributed by atoms with Gasteiger partial charge in [-0.05, 0) is 25.0 Å². The second-order valence-electron chi connectivity index (χ2n) is 3.99. The van der Waals surface area contributed by atoms with Gasteiger partial charge in [-0.1, -0.05) is 6.07 Å². The molecule has 86 valence electrons. The highest BCUT2D eigenvalue weighted by molar-refractivity contribution is 5.95. The van der Waals surface area contributed by atoms with E-state index in [1.165, 1.54) is 6.07 Å². The Bertz CT molecular complexity index is 410. The van der Waals surface area contributed by atoms with Crippen molar-refractivity contribution in [3.05, 3.63) is 35.4 Å². The third-order valence-electron chi connectivity index (χ3n) is 2.72. The van der Waals surface area contributed by atoms with E-state index in [0.717, 1.165) is 12.1 Å². The number of rotatable bonds is 3. The van der Waals surface area contributed by atoms with Gasteiger partial charge in [0.15, 0.2) is 0 Å². The second kappa shape index (κ2) is 3.83. The first-order valence-corrected chi connectivity index (χ1v) is 4.95. The summed E-state index contributed by atoms with van der Waals surface area (Å²) >= 11 is 0. The van der Waals surface area contributed by atoms with Gasteiger partial charge in [-0.15, -0.1) is 0 Å². The molecular formula is C11H11F2NO2. The van der Waals surface area contributed by atoms with Gasteiger partial charge in [0, 0.05) is 0 Å². The van der Waals surface area contributed by atoms with Crippen molar-refractivity contribution in [3.63, 3.8) is 0 Å². The molecule has 0 heterocycles. The summed E-state index contributed by atoms with van der Waals surface area (Å²) in [5.41, 5.74) is -1.27. The van der Waals surface area contributed by atoms with Gasteiger partial charge in [-0.25, -0.2) is 8.78 Å². The first-order chi connectivity index (χ1) is 7.58. The molecular weight excluding hydrogens is 216 g/mol. The average molecular weight is 227 g/mol. The molecule has 0 spiro atoms. The fourth-order valence-corrected chi connectivity index (χ4v) is 1.49. The summed E-state index contributed by atoms with van der Waals surface area (Å²) < 4.78 is 26.5. The first-order valence-electron chi connectivity index (χ1n) is 4.95. The van der Waals surface area contributed by atoms with Crippen LogP contribution < -0.4 is 5.32 Å². The fraction of sp³-hybridized carbons (Fsp3) is 0.364. The van der Waals surface area contributed by atoms with Crippen LogP contribution in [0.2, 0.25) is 0 Å². The molecule has 0 aromatic heterocycles. The van der Waals surface area contributed by atoms with Crippen LogP contribution in [0.4, 0.5) is 8.78 Å². The van der Waals surface area contributed by atoms with E-state index >= 15 is 0 Å². The summed E-state index contributed by atoms with van der Waals surface area (Å²) in [5, 5.41) is 11.4. The van der Waals surface area contributed by atoms with Crippen molar-refractivity contribution >= 4 is 5.91 Å². The maximum absolute atomic E-state index is 13.2. The third-order valence-corrected chi connectivity index (χ3v) is 2.72. The Morgan fingerprint density at radius 3 is 2.38 bits per heavy atom. The number of nitrogens with one attached hydrogen (secondary N) is 1. The SMILES string of the molecule is O=C(NC1(CO)CC1)c1c(F)cccc1F. The highest BCUT2D eigenvalue weighted by Gasteiger charge is 2.44. The minimum absolute atomic E-state index is 0.213. The summed E-state index contributed by atoms with van der Waals surface area (Å²) in [7, 11) is 0. The number of hydrogen-bond donors (Lipinski definition) is 2. The van der Waals surface area contributed by atoms with Crippen molar-refractivity contribution in [2.75, 3.05) is 6.61 Å². The molecule has 0 aliphatic heterocycles. The quantitative estimate of drug-likeness (QED) is 0.815. The third kappa shape index (κ3) is 1.90. The van der Waals surface area contributed by atoms with Crippen LogP contribution in [0.3, 0.4) is 0 Å². The maximum Gasteiger partial charge on any atom is 0.257 e. The summed E-state index contributed by atoms with van der Waals surface area (Å²) in [5.74, 6) is -2.61. The number of carbonyl (C=O) groups is 1. The van der Waals surface area contributed by atoms with E-state index in [1.807, 2.05) is 0 Å². The van der Waals surface area contributed by atoms with Crippen LogP contribution in [0.25, 0.3) is 0 Å². The maximum atomic E-state index is 13.2. The Balaban J connectivity index is 2.21. The Morgan fingerprint density at radius 2 is 1.94 bits per heavy atom. The van der Waals surface area contributed by atoms with Gasteiger partial charge in [-0.2, -0.15) is 0 Å². The smallest absolute Gasteiger partial charge is 0.257 e. The van der Waals surface area contributed by atoms with Gasteiger partial charge in [-0.3, -0.25) is 4.79 Å². The molecule has 16 heavy (non-hydrogen) atoms. The van der Waals surface area contributed by atoms with Gasteiger partial charge >= 0.3 is 0 Å². The van der Waals surface area contributed by atoms with Crippen LogP contribution in [0.15, 0.2) is 18.2 Å². The van der Waals surface area contributed by atoms with Crippen LogP contribution in [0.1, 0.15) is 23.2 Å². The summed E-state index contributed by atoms with van der Waals surface area (Å²) in [6.07, 6.45) is 1.26. The van der Waals surface area contributed by atoms with Crippen molar-refractivity contribution in [2.24, 2.45) is 0 Å². The molecule has 1 fully saturated rings. The molecule has 1 amide bonds. The fourth-order valence-electron chi connectivity index (χ4n) is 1.49. The van der Waals surface area contributed by atoms with Crippen molar-refractivity contribution < 1.29 is 18.7 Å². The number of amides is 1. The van der Waals surface area contributed by atoms with Crippen LogP contribution in [-0.2, 0) is 0 Å². The molecule has 0 bridgehead atoms. The number of halogens is 2. The highest BCUT2D eigenvalue weighted by atomic mass is 19.1. The number of carbonyl (C=O) groups excluding carboxylic acids is 1. The van der Waals surface area contributed by atoms with Gasteiger partial charge < -0.3 is 10.4 Å². The second-order valence-corrected chi connectivity index (χ2v) is 3.99. The Labute approximate surface area is 91.1 Å². The molecule has 0 unspecified atom stereocenters. The molecule has 1 aromatic rings. The van der Waals surface area contributed by atoms with Gasteiger partial charge in [0.05, 0.1) is 12.1 Å². The van der Waals surface area contributed by atoms with Crippen LogP contribution in [0, 0.1) is 11.6 Å². The van der Waals surface area contributed by atoms with E-state index in [-0.39, 0.29) is 6.61 Å². The molecule has 0 radical (unpaired) electrons. The van der Waals surface area contributed by atoms with E-state index in [2.05, 4.69) is 5.32 Å². The number of aliphatic hydroxyl groups is 1. The lowest BCUT2D eigenvalue weighted by Gasteiger charge is -2.14. The topological polar surface area (TPSA) is 49.3 Å². The minimum Gasteiger partial charge on any atom is -0.394 e. The highest BCUT2D eigenvalue weighted by Crippen LogP contribution is 2.35. The summed E-state index contributed by atoms with van der Waals surface area (Å²) in [4.78, 5) is 11.6. The van der Waals surface area contributed by atoms with Crippen molar-refractivity contribution in [1.82, 2.24) is 5.32 Å². The van der Waals surface area contributed by atoms with Gasteiger partial charge in [0.25, 0.3) is 5.91 Å². The average Bonchev–Trinajstić information content (AvgIpc) is 2.98. The van der Waals surface area contributed by atoms with Crippen molar-refractivity contribution in [1.29, 1.82) is 0 Å². The zero-order chi connectivity index (χ0) is 11.8. The summed E-state index contributed by atoms with van der Waals surface area (Å²) in [6, 6.07) is 3.24. The van der Waals surface area contributed by atoms with E-state index in [4.69, 9.17) is 5.11 Å². The predicted octanol–water partition coefficient (Wildman–Crippen LogP) is 1.22. The lowest BCUT2D eigenvalue weighted by molar-refractivity contribution is 0.0898. The van der Waals surface area contributed by atoms with E-state index < -0.39 is 28.6 Å². The molecule has 5 heteroatoms. The Morgan fingerprint density at radius 1 is 1.38 bits per heavy atom. The zero-order valence-corrected chi connectivity index (χ0v) is 8.46. The number of benzene rings is 1. The summed E-state index contributed by atoms with van der Waals surface area (Å²) in [6.45, 7) is -0.213. The normalized spacial score (nSPS) is 16.9. The molecule has 2 N–H and O–H groups in total. The van der Waals surface area contributed by atoms with E-state index in [0.29, 0.717) is 12.8 Å². The number of aliphatic hydroxyl groups excluding tert-OH is 1. The van der Waals surface area contributed by atoms with Crippen LogP contribution >= 0.6 is 0 Å². The first kappa shape index (κ1) is 11.0. The van der Waals surface area contributed by atoms with Crippen molar-refractivity contribution in [3.8, 4) is 0 Å². The molecule has 1 aliphatic carbocycles. The molecule has 3 nitrogen and oxygen atoms in total. The predicted molar refractivity (Wildman–Crippen MR) is 52.9 cm³/mol. The van der Waals surface area contributed by atoms with Gasteiger partial charge in [0.1, 0.15) is 17.2 Å². The van der Waals surface area contributed by atoms with Crippen molar-refractivity contribution in [2.45, 2.75) is 18.4 Å². The molecule has 0 saturated heterocycles. The molecule has 2 rings (SSSR count). The standard InChI is InChI=1S/C11H11F2NO2/c12-7-2-1-3-8(13)9(7)10(16)14-11(6-15)4-5-11/h1-3,15H,4-6H2,(H,14,16). The Hall–Kier alpha value is -1.49. The van der Waals surface area contributed by atoms with Crippen LogP contribution in [0.5, 0.6) is 0 Å². The van der Waals surface area contributed by atoms with Gasteiger partial charge in [0.2, 0.25) is 0 Å². The molecule has 1 aromatic carbocycles. The van der Waals surface area contributed by atoms with Crippen LogP contribution in [-0.4, -0.2) is 23.2 Å². The monoisotopic (exact) mass is 227 g/mol. The lowest BCUT2D eigenvalue weighted by Crippen LogP contribution is -2.40. The molecule has 1 saturated carbocycles. The lowest BCUT2D eigenvalue weighted by atomic mass is 10.1. The van der Waals surface area contributed by atoms with E-state index in [1.54, 1.807) is 0 Å². The number of hydrogen-bond acceptors (Lipinski definition) is 2. The zero-order valence-electron chi connectivity index (χ0n) is 8.46.